The molecular weight excluding hydrogens is 278 g/mol. The summed E-state index contributed by atoms with van der Waals surface area (Å²) in [5.74, 6) is 1.74. The van der Waals surface area contributed by atoms with Gasteiger partial charge >= 0.3 is 0 Å². The second-order valence-corrected chi connectivity index (χ2v) is 4.38. The van der Waals surface area contributed by atoms with Crippen molar-refractivity contribution in [2.75, 3.05) is 14.2 Å². The van der Waals surface area contributed by atoms with Gasteiger partial charge in [-0.3, -0.25) is 4.79 Å². The summed E-state index contributed by atoms with van der Waals surface area (Å²) in [7, 11) is 3.05. The Morgan fingerprint density at radius 3 is 2.40 bits per heavy atom. The topological polar surface area (TPSA) is 74.7 Å². The fourth-order valence-electron chi connectivity index (χ4n) is 1.85. The van der Waals surface area contributed by atoms with E-state index in [1.807, 2.05) is 0 Å². The third kappa shape index (κ3) is 2.50. The van der Waals surface area contributed by atoms with Gasteiger partial charge in [0.1, 0.15) is 10.7 Å². The third-order valence-electron chi connectivity index (χ3n) is 2.80. The van der Waals surface area contributed by atoms with E-state index in [2.05, 4.69) is 0 Å². The van der Waals surface area contributed by atoms with Gasteiger partial charge in [0.2, 0.25) is 0 Å². The number of furan rings is 1. The number of aldehydes is 1. The van der Waals surface area contributed by atoms with Crippen LogP contribution >= 0.6 is 12.2 Å². The lowest BCUT2D eigenvalue weighted by molar-refractivity contribution is 0.110. The van der Waals surface area contributed by atoms with Crippen LogP contribution in [0.3, 0.4) is 0 Å². The van der Waals surface area contributed by atoms with Crippen LogP contribution in [0.5, 0.6) is 11.5 Å². The van der Waals surface area contributed by atoms with Gasteiger partial charge in [-0.15, -0.1) is 0 Å². The molecule has 0 amide bonds. The van der Waals surface area contributed by atoms with Gasteiger partial charge < -0.3 is 19.6 Å². The molecule has 0 atom stereocenters. The van der Waals surface area contributed by atoms with Gasteiger partial charge in [-0.25, -0.2) is 0 Å². The Balaban J connectivity index is 2.66. The maximum Gasteiger partial charge on any atom is 0.185 e. The van der Waals surface area contributed by atoms with Crippen LogP contribution in [0.15, 0.2) is 28.7 Å². The van der Waals surface area contributed by atoms with Crippen molar-refractivity contribution in [3.8, 4) is 22.8 Å². The average Bonchev–Trinajstić information content (AvgIpc) is 2.94. The van der Waals surface area contributed by atoms with Crippen molar-refractivity contribution in [3.05, 3.63) is 35.6 Å². The van der Waals surface area contributed by atoms with Crippen LogP contribution < -0.4 is 15.2 Å². The van der Waals surface area contributed by atoms with Gasteiger partial charge in [0.05, 0.1) is 14.2 Å². The Morgan fingerprint density at radius 2 is 1.90 bits per heavy atom. The summed E-state index contributed by atoms with van der Waals surface area (Å²) in [6.45, 7) is 0. The molecule has 0 aliphatic heterocycles. The van der Waals surface area contributed by atoms with E-state index in [1.165, 1.54) is 14.2 Å². The summed E-state index contributed by atoms with van der Waals surface area (Å²) in [6, 6.07) is 6.63. The Kier molecular flexibility index (Phi) is 4.05. The highest BCUT2D eigenvalue weighted by atomic mass is 32.1. The summed E-state index contributed by atoms with van der Waals surface area (Å²) in [5.41, 5.74) is 6.96. The molecule has 2 aromatic rings. The average molecular weight is 291 g/mol. The largest absolute Gasteiger partial charge is 0.493 e. The van der Waals surface area contributed by atoms with Gasteiger partial charge in [0.25, 0.3) is 0 Å². The normalized spacial score (nSPS) is 10.1. The Hall–Kier alpha value is -2.34. The van der Waals surface area contributed by atoms with Crippen LogP contribution in [-0.2, 0) is 0 Å². The molecule has 0 spiro atoms. The van der Waals surface area contributed by atoms with Gasteiger partial charge in [-0.2, -0.15) is 0 Å². The van der Waals surface area contributed by atoms with Crippen LogP contribution in [0.25, 0.3) is 11.3 Å². The molecule has 1 heterocycles. The first-order chi connectivity index (χ1) is 9.60. The summed E-state index contributed by atoms with van der Waals surface area (Å²) in [4.78, 5) is 10.9. The van der Waals surface area contributed by atoms with E-state index in [9.17, 15) is 4.79 Å². The van der Waals surface area contributed by atoms with Crippen molar-refractivity contribution in [1.29, 1.82) is 0 Å². The molecule has 0 aliphatic carbocycles. The molecule has 0 saturated carbocycles. The van der Waals surface area contributed by atoms with E-state index in [0.717, 1.165) is 0 Å². The van der Waals surface area contributed by atoms with Crippen LogP contribution in [-0.4, -0.2) is 25.5 Å². The lowest BCUT2D eigenvalue weighted by Crippen LogP contribution is -2.11. The molecule has 0 unspecified atom stereocenters. The van der Waals surface area contributed by atoms with Gasteiger partial charge in [0.15, 0.2) is 23.5 Å². The minimum absolute atomic E-state index is 0.199. The molecule has 0 radical (unpaired) electrons. The Labute approximate surface area is 121 Å². The van der Waals surface area contributed by atoms with E-state index in [0.29, 0.717) is 34.7 Å². The van der Waals surface area contributed by atoms with Crippen LogP contribution in [0.1, 0.15) is 16.1 Å². The predicted molar refractivity (Wildman–Crippen MR) is 78.5 cm³/mol. The van der Waals surface area contributed by atoms with Crippen molar-refractivity contribution < 1.29 is 18.7 Å². The predicted octanol–water partition coefficient (Wildman–Crippen LogP) is 2.41. The highest BCUT2D eigenvalue weighted by molar-refractivity contribution is 7.80. The zero-order chi connectivity index (χ0) is 14.7. The second-order valence-electron chi connectivity index (χ2n) is 3.94. The summed E-state index contributed by atoms with van der Waals surface area (Å²) >= 11 is 5.04. The quantitative estimate of drug-likeness (QED) is 0.673. The summed E-state index contributed by atoms with van der Waals surface area (Å²) < 4.78 is 15.9. The Bertz CT molecular complexity index is 663. The number of nitrogens with two attached hydrogens (primary N) is 1. The number of methoxy groups -OCH3 is 2. The first-order valence-corrected chi connectivity index (χ1v) is 6.12. The summed E-state index contributed by atoms with van der Waals surface area (Å²) in [6.07, 6.45) is 0.630. The third-order valence-corrected chi connectivity index (χ3v) is 3.02. The lowest BCUT2D eigenvalue weighted by atomic mass is 10.0. The van der Waals surface area contributed by atoms with Crippen molar-refractivity contribution >= 4 is 23.5 Å². The molecule has 6 heteroatoms. The standard InChI is InChI=1S/C14H13NO4S/c1-17-12-5-9(11-4-3-8(7-16)19-11)10(14(15)20)6-13(12)18-2/h3-7H,1-2H3,(H2,15,20). The monoisotopic (exact) mass is 291 g/mol. The van der Waals surface area contributed by atoms with Crippen LogP contribution in [0.2, 0.25) is 0 Å². The van der Waals surface area contributed by atoms with E-state index in [4.69, 9.17) is 31.8 Å². The molecule has 0 saturated heterocycles. The number of carbonyl (C=O) groups is 1. The van der Waals surface area contributed by atoms with Gasteiger partial charge in [-0.05, 0) is 24.3 Å². The first-order valence-electron chi connectivity index (χ1n) is 5.72. The molecule has 2 N–H and O–H groups in total. The SMILES string of the molecule is COc1cc(C(N)=S)c(-c2ccc(C=O)o2)cc1OC. The maximum absolute atomic E-state index is 10.7. The Morgan fingerprint density at radius 1 is 1.25 bits per heavy atom. The first kappa shape index (κ1) is 14.1. The zero-order valence-corrected chi connectivity index (χ0v) is 11.8. The fourth-order valence-corrected chi connectivity index (χ4v) is 2.02. The van der Waals surface area contributed by atoms with Crippen molar-refractivity contribution in [1.82, 2.24) is 0 Å². The molecule has 0 bridgehead atoms. The highest BCUT2D eigenvalue weighted by Crippen LogP contribution is 2.36. The van der Waals surface area contributed by atoms with E-state index >= 15 is 0 Å². The number of hydrogen-bond donors (Lipinski definition) is 1. The number of hydrogen-bond acceptors (Lipinski definition) is 5. The minimum atomic E-state index is 0.199. The molecule has 0 aliphatic rings. The number of thiocarbonyl (C=S) groups is 1. The fraction of sp³-hybridized carbons (Fsp3) is 0.143. The highest BCUT2D eigenvalue weighted by Gasteiger charge is 2.16. The number of rotatable bonds is 5. The molecule has 0 fully saturated rings. The second kappa shape index (κ2) is 5.75. The number of carbonyl (C=O) groups excluding carboxylic acids is 1. The van der Waals surface area contributed by atoms with E-state index < -0.39 is 0 Å². The van der Waals surface area contributed by atoms with Gasteiger partial charge in [0, 0.05) is 11.1 Å². The lowest BCUT2D eigenvalue weighted by Gasteiger charge is -2.13. The van der Waals surface area contributed by atoms with Crippen molar-refractivity contribution in [2.24, 2.45) is 5.73 Å². The molecule has 20 heavy (non-hydrogen) atoms. The maximum atomic E-state index is 10.7. The smallest absolute Gasteiger partial charge is 0.185 e. The van der Waals surface area contributed by atoms with E-state index in [-0.39, 0.29) is 10.7 Å². The van der Waals surface area contributed by atoms with Gasteiger partial charge in [-0.1, -0.05) is 12.2 Å². The molecule has 5 nitrogen and oxygen atoms in total. The minimum Gasteiger partial charge on any atom is -0.493 e. The van der Waals surface area contributed by atoms with Crippen molar-refractivity contribution in [2.45, 2.75) is 0 Å². The number of benzene rings is 1. The number of ether oxygens (including phenoxy) is 2. The van der Waals surface area contributed by atoms with Crippen molar-refractivity contribution in [3.63, 3.8) is 0 Å². The molecule has 1 aromatic heterocycles. The zero-order valence-electron chi connectivity index (χ0n) is 11.0. The summed E-state index contributed by atoms with van der Waals surface area (Å²) in [5, 5.41) is 0. The molecule has 1 aromatic carbocycles. The van der Waals surface area contributed by atoms with E-state index in [1.54, 1.807) is 24.3 Å². The molecular formula is C14H13NO4S. The molecule has 2 rings (SSSR count). The molecule has 104 valence electrons. The van der Waals surface area contributed by atoms with Crippen LogP contribution in [0.4, 0.5) is 0 Å². The van der Waals surface area contributed by atoms with Crippen LogP contribution in [0, 0.1) is 0 Å².